The van der Waals surface area contributed by atoms with Crippen LogP contribution in [0.15, 0.2) is 60.7 Å². The standard InChI is InChI=1S/C22H12ClF3N2O4.Na/c23-16-3-1-2-15(22(24,25)26)18(16)20(30)28-17-10-13(29)8-9-14(17)19(27-28)11-4-6-12(7-5-11)21(31)32;/h1-10,29H,(H,31,32);/q;+1/p-1. The van der Waals surface area contributed by atoms with Crippen molar-refractivity contribution in [3.8, 4) is 17.0 Å². The molecule has 162 valence electrons. The molecule has 0 radical (unpaired) electrons. The van der Waals surface area contributed by atoms with E-state index in [9.17, 15) is 33.0 Å². The smallest absolute Gasteiger partial charge is 0.545 e. The fraction of sp³-hybridized carbons (Fsp3) is 0.0455. The Morgan fingerprint density at radius 2 is 1.70 bits per heavy atom. The quantitative estimate of drug-likeness (QED) is 0.442. The Kier molecular flexibility index (Phi) is 6.90. The van der Waals surface area contributed by atoms with Gasteiger partial charge in [0.1, 0.15) is 11.4 Å². The first-order valence-corrected chi connectivity index (χ1v) is 9.39. The number of benzene rings is 3. The summed E-state index contributed by atoms with van der Waals surface area (Å²) in [5.74, 6) is -2.76. The van der Waals surface area contributed by atoms with Gasteiger partial charge in [0.15, 0.2) is 0 Å². The van der Waals surface area contributed by atoms with E-state index < -0.39 is 34.2 Å². The van der Waals surface area contributed by atoms with Gasteiger partial charge < -0.3 is 15.0 Å². The summed E-state index contributed by atoms with van der Waals surface area (Å²) < 4.78 is 41.3. The number of fused-ring (bicyclic) bond motifs is 1. The third-order valence-electron chi connectivity index (χ3n) is 4.78. The zero-order chi connectivity index (χ0) is 23.2. The van der Waals surface area contributed by atoms with Gasteiger partial charge in [0.2, 0.25) is 0 Å². The first kappa shape index (κ1) is 24.8. The molecule has 0 spiro atoms. The Hall–Kier alpha value is -2.85. The average Bonchev–Trinajstić information content (AvgIpc) is 3.11. The molecule has 0 fully saturated rings. The second-order valence-corrected chi connectivity index (χ2v) is 7.20. The molecular formula is C22H11ClF3N2NaO4. The maximum Gasteiger partial charge on any atom is 1.00 e. The number of rotatable bonds is 3. The molecule has 0 aliphatic heterocycles. The summed E-state index contributed by atoms with van der Waals surface area (Å²) in [5, 5.41) is 25.0. The number of carboxylic acid groups (broad SMARTS) is 1. The third-order valence-corrected chi connectivity index (χ3v) is 5.10. The predicted molar refractivity (Wildman–Crippen MR) is 107 cm³/mol. The van der Waals surface area contributed by atoms with Gasteiger partial charge in [-0.25, -0.2) is 0 Å². The van der Waals surface area contributed by atoms with Gasteiger partial charge in [-0.3, -0.25) is 4.79 Å². The van der Waals surface area contributed by atoms with Crippen molar-refractivity contribution < 1.29 is 62.5 Å². The number of carboxylic acids is 1. The van der Waals surface area contributed by atoms with Gasteiger partial charge in [0.25, 0.3) is 5.91 Å². The molecule has 0 atom stereocenters. The Labute approximate surface area is 211 Å². The van der Waals surface area contributed by atoms with Crippen LogP contribution in [0.3, 0.4) is 0 Å². The van der Waals surface area contributed by atoms with Gasteiger partial charge in [-0.2, -0.15) is 23.0 Å². The van der Waals surface area contributed by atoms with Crippen molar-refractivity contribution in [2.24, 2.45) is 0 Å². The van der Waals surface area contributed by atoms with Gasteiger partial charge in [-0.15, -0.1) is 0 Å². The maximum atomic E-state index is 13.5. The largest absolute Gasteiger partial charge is 1.00 e. The molecular weight excluding hydrogens is 472 g/mol. The van der Waals surface area contributed by atoms with Crippen LogP contribution in [0.25, 0.3) is 22.2 Å². The number of hydrogen-bond donors (Lipinski definition) is 1. The molecule has 4 rings (SSSR count). The van der Waals surface area contributed by atoms with Crippen molar-refractivity contribution in [1.82, 2.24) is 9.78 Å². The molecule has 0 aliphatic rings. The number of aromatic hydroxyl groups is 1. The van der Waals surface area contributed by atoms with Gasteiger partial charge in [-0.1, -0.05) is 41.9 Å². The van der Waals surface area contributed by atoms with Crippen molar-refractivity contribution in [3.63, 3.8) is 0 Å². The molecule has 0 amide bonds. The van der Waals surface area contributed by atoms with Gasteiger partial charge in [0, 0.05) is 17.0 Å². The van der Waals surface area contributed by atoms with E-state index >= 15 is 0 Å². The Balaban J connectivity index is 0.00000306. The minimum atomic E-state index is -4.84. The van der Waals surface area contributed by atoms with E-state index in [1.807, 2.05) is 0 Å². The number of carbonyl (C=O) groups is 2. The summed E-state index contributed by atoms with van der Waals surface area (Å²) in [4.78, 5) is 24.2. The fourth-order valence-electron chi connectivity index (χ4n) is 3.32. The van der Waals surface area contributed by atoms with Crippen LogP contribution in [0.2, 0.25) is 5.02 Å². The Morgan fingerprint density at radius 1 is 1.03 bits per heavy atom. The summed E-state index contributed by atoms with van der Waals surface area (Å²) in [6, 6.07) is 12.3. The molecule has 6 nitrogen and oxygen atoms in total. The zero-order valence-corrected chi connectivity index (χ0v) is 19.6. The first-order valence-electron chi connectivity index (χ1n) is 9.02. The van der Waals surface area contributed by atoms with Crippen LogP contribution in [0.5, 0.6) is 5.75 Å². The van der Waals surface area contributed by atoms with Crippen LogP contribution < -0.4 is 34.7 Å². The molecule has 3 aromatic carbocycles. The Bertz CT molecular complexity index is 1390. The van der Waals surface area contributed by atoms with Crippen LogP contribution in [-0.4, -0.2) is 26.8 Å². The number of aromatic nitrogens is 2. The third kappa shape index (κ3) is 4.63. The fourth-order valence-corrected chi connectivity index (χ4v) is 3.57. The normalized spacial score (nSPS) is 11.3. The van der Waals surface area contributed by atoms with Crippen LogP contribution in [0, 0.1) is 0 Å². The summed E-state index contributed by atoms with van der Waals surface area (Å²) >= 11 is 5.96. The van der Waals surface area contributed by atoms with Crippen LogP contribution in [-0.2, 0) is 6.18 Å². The number of hydrogen-bond acceptors (Lipinski definition) is 5. The summed E-state index contributed by atoms with van der Waals surface area (Å²) in [6.07, 6.45) is -4.84. The van der Waals surface area contributed by atoms with Crippen molar-refractivity contribution in [2.75, 3.05) is 0 Å². The molecule has 11 heteroatoms. The van der Waals surface area contributed by atoms with Gasteiger partial charge in [-0.05, 0) is 29.8 Å². The van der Waals surface area contributed by atoms with Crippen molar-refractivity contribution in [2.45, 2.75) is 6.18 Å². The SMILES string of the molecule is O=C([O-])c1ccc(-c2nn(C(=O)c3c(Cl)cccc3C(F)(F)F)c3cc(O)ccc23)cc1.[Na+]. The molecule has 0 unspecified atom stereocenters. The summed E-state index contributed by atoms with van der Waals surface area (Å²) in [5.41, 5.74) is -1.46. The molecule has 0 saturated carbocycles. The Morgan fingerprint density at radius 3 is 2.30 bits per heavy atom. The number of carbonyl (C=O) groups excluding carboxylic acids is 2. The topological polar surface area (TPSA) is 95.2 Å². The monoisotopic (exact) mass is 482 g/mol. The van der Waals surface area contributed by atoms with Gasteiger partial charge >= 0.3 is 35.7 Å². The maximum absolute atomic E-state index is 13.5. The van der Waals surface area contributed by atoms with Crippen molar-refractivity contribution in [3.05, 3.63) is 82.4 Å². The number of aromatic carboxylic acids is 1. The number of alkyl halides is 3. The summed E-state index contributed by atoms with van der Waals surface area (Å²) in [6.45, 7) is 0. The number of nitrogens with zero attached hydrogens (tertiary/aromatic N) is 2. The van der Waals surface area contributed by atoms with Crippen LogP contribution in [0.1, 0.15) is 26.3 Å². The molecule has 1 heterocycles. The van der Waals surface area contributed by atoms with E-state index in [0.717, 1.165) is 22.9 Å². The molecule has 1 N–H and O–H groups in total. The number of halogens is 4. The minimum absolute atomic E-state index is 0. The van der Waals surface area contributed by atoms with Crippen molar-refractivity contribution in [1.29, 1.82) is 0 Å². The van der Waals surface area contributed by atoms with Gasteiger partial charge in [0.05, 0.1) is 27.6 Å². The van der Waals surface area contributed by atoms with E-state index in [1.54, 1.807) is 0 Å². The first-order chi connectivity index (χ1) is 15.1. The average molecular weight is 483 g/mol. The number of phenolic OH excluding ortho intramolecular Hbond substituents is 1. The number of phenols is 1. The molecule has 0 aliphatic carbocycles. The van der Waals surface area contributed by atoms with E-state index in [0.29, 0.717) is 10.9 Å². The van der Waals surface area contributed by atoms with E-state index in [2.05, 4.69) is 5.10 Å². The molecule has 0 bridgehead atoms. The molecule has 0 saturated heterocycles. The second kappa shape index (κ2) is 9.18. The van der Waals surface area contributed by atoms with E-state index in [4.69, 9.17) is 11.6 Å². The van der Waals surface area contributed by atoms with Crippen LogP contribution in [0.4, 0.5) is 13.2 Å². The zero-order valence-electron chi connectivity index (χ0n) is 16.9. The van der Waals surface area contributed by atoms with Crippen molar-refractivity contribution >= 4 is 34.4 Å². The van der Waals surface area contributed by atoms with E-state index in [1.165, 1.54) is 42.5 Å². The summed E-state index contributed by atoms with van der Waals surface area (Å²) in [7, 11) is 0. The molecule has 33 heavy (non-hydrogen) atoms. The minimum Gasteiger partial charge on any atom is -0.545 e. The van der Waals surface area contributed by atoms with E-state index in [-0.39, 0.29) is 52.1 Å². The predicted octanol–water partition coefficient (Wildman–Crippen LogP) is 1.14. The molecule has 1 aromatic heterocycles. The second-order valence-electron chi connectivity index (χ2n) is 6.79. The van der Waals surface area contributed by atoms with Crippen LogP contribution >= 0.6 is 11.6 Å². The molecule has 4 aromatic rings.